The van der Waals surface area contributed by atoms with E-state index in [4.69, 9.17) is 0 Å². The van der Waals surface area contributed by atoms with E-state index in [1.165, 1.54) is 0 Å². The Morgan fingerprint density at radius 2 is 2.07 bits per heavy atom. The van der Waals surface area contributed by atoms with Gasteiger partial charge in [0.25, 0.3) is 0 Å². The summed E-state index contributed by atoms with van der Waals surface area (Å²) in [6.45, 7) is 0. The Hall–Kier alpha value is -2.04. The summed E-state index contributed by atoms with van der Waals surface area (Å²) in [5.74, 6) is 0.408. The lowest BCUT2D eigenvalue weighted by atomic mass is 10.1. The molecule has 1 aromatic carbocycles. The molecule has 0 aliphatic rings. The van der Waals surface area contributed by atoms with Crippen molar-refractivity contribution in [1.29, 1.82) is 0 Å². The molecule has 1 aromatic heterocycles. The second-order valence-corrected chi connectivity index (χ2v) is 2.79. The third-order valence-electron chi connectivity index (χ3n) is 1.80. The van der Waals surface area contributed by atoms with Crippen LogP contribution in [0.2, 0.25) is 0 Å². The number of benzene rings is 1. The summed E-state index contributed by atoms with van der Waals surface area (Å²) in [6.07, 6.45) is 0.181. The number of hydrogen-bond donors (Lipinski definition) is 1. The monoisotopic (exact) mass is 189 g/mol. The fraction of sp³-hybridized carbons (Fsp3) is 0.111. The molecule has 14 heavy (non-hydrogen) atoms. The number of Topliss-reactive ketones (excluding diaryl/α,β-unsaturated/α-hetero) is 1. The number of carbonyl (C=O) groups excluding carboxylic acids is 1. The van der Waals surface area contributed by atoms with Gasteiger partial charge in [0.05, 0.1) is 6.42 Å². The summed E-state index contributed by atoms with van der Waals surface area (Å²) >= 11 is 0. The van der Waals surface area contributed by atoms with Crippen molar-refractivity contribution in [3.8, 4) is 0 Å². The molecule has 0 atom stereocenters. The fourth-order valence-corrected chi connectivity index (χ4v) is 1.13. The number of tetrazole rings is 1. The highest BCUT2D eigenvalue weighted by atomic mass is 16.1. The number of nitrogens with one attached hydrogen (secondary N) is 1. The highest BCUT2D eigenvalue weighted by Crippen LogP contribution is 2.02. The number of ketones is 1. The lowest BCUT2D eigenvalue weighted by Crippen LogP contribution is -2.04. The molecule has 2 rings (SSSR count). The molecule has 0 saturated heterocycles. The Balaban J connectivity index is 2.11. The van der Waals surface area contributed by atoms with E-state index < -0.39 is 0 Å². The maximum atomic E-state index is 11.6. The zero-order chi connectivity index (χ0) is 9.80. The molecule has 0 aliphatic heterocycles. The number of nitrogens with zero attached hydrogens (tertiary/aromatic N) is 3. The second-order valence-electron chi connectivity index (χ2n) is 2.79. The van der Waals surface area contributed by atoms with Gasteiger partial charge in [0.2, 0.25) is 0 Å². The van der Waals surface area contributed by atoms with Crippen LogP contribution in [-0.2, 0) is 6.42 Å². The van der Waals surface area contributed by atoms with Crippen LogP contribution in [0.15, 0.2) is 30.3 Å². The normalized spacial score (nSPS) is 10.0. The van der Waals surface area contributed by atoms with Crippen molar-refractivity contribution in [2.45, 2.75) is 6.42 Å². The van der Waals surface area contributed by atoms with Gasteiger partial charge in [0.15, 0.2) is 11.6 Å². The summed E-state index contributed by atoms with van der Waals surface area (Å²) in [6, 6.07) is 9.04. The Labute approximate surface area is 80.2 Å². The van der Waals surface area contributed by atoms with Crippen LogP contribution >= 0.6 is 0 Å². The molecule has 5 heteroatoms. The Bertz CT molecular complexity index is 410. The SMILES string of the molecule is O=C(C[13c]1nn[nH]n1)c1ccccc1. The van der Waals surface area contributed by atoms with E-state index in [1.807, 2.05) is 18.2 Å². The van der Waals surface area contributed by atoms with Gasteiger partial charge in [-0.2, -0.15) is 5.21 Å². The molecule has 0 radical (unpaired) electrons. The van der Waals surface area contributed by atoms with Crippen molar-refractivity contribution in [1.82, 2.24) is 20.6 Å². The minimum absolute atomic E-state index is 0.00741. The van der Waals surface area contributed by atoms with Crippen LogP contribution in [0.25, 0.3) is 0 Å². The summed E-state index contributed by atoms with van der Waals surface area (Å²) < 4.78 is 0. The Kier molecular flexibility index (Phi) is 2.31. The van der Waals surface area contributed by atoms with Gasteiger partial charge in [-0.05, 0) is 0 Å². The third kappa shape index (κ3) is 1.82. The summed E-state index contributed by atoms with van der Waals surface area (Å²) in [4.78, 5) is 11.6. The van der Waals surface area contributed by atoms with Gasteiger partial charge in [-0.25, -0.2) is 0 Å². The smallest absolute Gasteiger partial charge is 0.182 e. The summed E-state index contributed by atoms with van der Waals surface area (Å²) in [7, 11) is 0. The topological polar surface area (TPSA) is 71.5 Å². The lowest BCUT2D eigenvalue weighted by molar-refractivity contribution is 0.0991. The number of carbonyl (C=O) groups is 1. The van der Waals surface area contributed by atoms with E-state index in [-0.39, 0.29) is 12.2 Å². The third-order valence-corrected chi connectivity index (χ3v) is 1.80. The molecule has 1 N–H and O–H groups in total. The predicted molar refractivity (Wildman–Crippen MR) is 48.7 cm³/mol. The van der Waals surface area contributed by atoms with Crippen molar-refractivity contribution in [2.75, 3.05) is 0 Å². The molecule has 5 nitrogen and oxygen atoms in total. The van der Waals surface area contributed by atoms with Crippen molar-refractivity contribution in [3.63, 3.8) is 0 Å². The largest absolute Gasteiger partial charge is 0.294 e. The summed E-state index contributed by atoms with van der Waals surface area (Å²) in [5.41, 5.74) is 0.664. The zero-order valence-corrected chi connectivity index (χ0v) is 7.34. The highest BCUT2D eigenvalue weighted by molar-refractivity contribution is 5.96. The predicted octanol–water partition coefficient (Wildman–Crippen LogP) is 0.625. The van der Waals surface area contributed by atoms with E-state index in [9.17, 15) is 4.79 Å². The maximum absolute atomic E-state index is 11.6. The van der Waals surface area contributed by atoms with E-state index >= 15 is 0 Å². The zero-order valence-electron chi connectivity index (χ0n) is 7.34. The van der Waals surface area contributed by atoms with Crippen molar-refractivity contribution in [2.24, 2.45) is 0 Å². The Morgan fingerprint density at radius 3 is 2.71 bits per heavy atom. The number of H-pyrrole nitrogens is 1. The van der Waals surface area contributed by atoms with Crippen LogP contribution in [0.1, 0.15) is 16.2 Å². The highest BCUT2D eigenvalue weighted by Gasteiger charge is 2.08. The van der Waals surface area contributed by atoms with Crippen LogP contribution in [0.3, 0.4) is 0 Å². The first-order chi connectivity index (χ1) is 6.86. The number of aromatic nitrogens is 4. The van der Waals surface area contributed by atoms with Crippen molar-refractivity contribution < 1.29 is 4.79 Å². The molecule has 0 unspecified atom stereocenters. The maximum Gasteiger partial charge on any atom is 0.182 e. The van der Waals surface area contributed by atoms with Gasteiger partial charge in [0, 0.05) is 5.56 Å². The van der Waals surface area contributed by atoms with Gasteiger partial charge in [-0.3, -0.25) is 4.79 Å². The van der Waals surface area contributed by atoms with Crippen molar-refractivity contribution >= 4 is 5.78 Å². The molecule has 1 heterocycles. The van der Waals surface area contributed by atoms with E-state index in [2.05, 4.69) is 20.6 Å². The molecule has 0 spiro atoms. The lowest BCUT2D eigenvalue weighted by Gasteiger charge is -1.95. The molecule has 0 aliphatic carbocycles. The number of aromatic amines is 1. The van der Waals surface area contributed by atoms with Crippen LogP contribution in [0.5, 0.6) is 0 Å². The molecule has 70 valence electrons. The molecule has 0 bridgehead atoms. The Morgan fingerprint density at radius 1 is 1.29 bits per heavy atom. The molecular weight excluding hydrogens is 181 g/mol. The first-order valence-corrected chi connectivity index (χ1v) is 4.17. The standard InChI is InChI=1S/C9H8N4O/c14-8(6-9-10-12-13-11-9)7-4-2-1-3-5-7/h1-5H,6H2,(H,10,11,12,13)/i9+1. The van der Waals surface area contributed by atoms with Crippen LogP contribution in [0, 0.1) is 0 Å². The van der Waals surface area contributed by atoms with Gasteiger partial charge >= 0.3 is 0 Å². The number of hydrogen-bond acceptors (Lipinski definition) is 4. The first-order valence-electron chi connectivity index (χ1n) is 4.17. The van der Waals surface area contributed by atoms with Gasteiger partial charge in [-0.15, -0.1) is 10.2 Å². The average Bonchev–Trinajstić information content (AvgIpc) is 2.72. The second kappa shape index (κ2) is 3.78. The van der Waals surface area contributed by atoms with Gasteiger partial charge in [0.1, 0.15) is 0 Å². The minimum Gasteiger partial charge on any atom is -0.294 e. The first kappa shape index (κ1) is 8.55. The number of rotatable bonds is 3. The summed E-state index contributed by atoms with van der Waals surface area (Å²) in [5, 5.41) is 13.1. The van der Waals surface area contributed by atoms with Gasteiger partial charge in [-0.1, -0.05) is 35.5 Å². The van der Waals surface area contributed by atoms with Crippen molar-refractivity contribution in [3.05, 3.63) is 41.7 Å². The quantitative estimate of drug-likeness (QED) is 0.718. The van der Waals surface area contributed by atoms with E-state index in [1.54, 1.807) is 12.1 Å². The van der Waals surface area contributed by atoms with E-state index in [0.717, 1.165) is 0 Å². The average molecular weight is 189 g/mol. The fourth-order valence-electron chi connectivity index (χ4n) is 1.13. The molecule has 0 amide bonds. The molecule has 0 saturated carbocycles. The van der Waals surface area contributed by atoms with Crippen LogP contribution in [0.4, 0.5) is 0 Å². The minimum atomic E-state index is -0.00741. The van der Waals surface area contributed by atoms with Gasteiger partial charge < -0.3 is 0 Å². The van der Waals surface area contributed by atoms with Crippen LogP contribution < -0.4 is 0 Å². The van der Waals surface area contributed by atoms with E-state index in [0.29, 0.717) is 11.4 Å². The molecule has 0 fully saturated rings. The molecular formula is C9H8N4O. The van der Waals surface area contributed by atoms with Crippen LogP contribution in [-0.4, -0.2) is 26.4 Å². The molecule has 2 aromatic rings.